The van der Waals surface area contributed by atoms with Gasteiger partial charge < -0.3 is 19.4 Å². The number of hydrogen-bond acceptors (Lipinski definition) is 6. The Bertz CT molecular complexity index is 972. The van der Waals surface area contributed by atoms with Crippen LogP contribution < -0.4 is 5.32 Å². The first-order chi connectivity index (χ1) is 14.2. The van der Waals surface area contributed by atoms with Gasteiger partial charge in [0.2, 0.25) is 0 Å². The van der Waals surface area contributed by atoms with Crippen molar-refractivity contribution in [3.63, 3.8) is 0 Å². The quantitative estimate of drug-likeness (QED) is 0.734. The molecule has 150 valence electrons. The number of nitrogens with one attached hydrogen (secondary N) is 1. The fourth-order valence-electron chi connectivity index (χ4n) is 4.73. The van der Waals surface area contributed by atoms with E-state index in [1.54, 1.807) is 13.3 Å². The Morgan fingerprint density at radius 3 is 2.69 bits per heavy atom. The molecular weight excluding hydrogens is 368 g/mol. The maximum atomic E-state index is 13.0. The Balaban J connectivity index is 1.30. The number of oxazole rings is 1. The van der Waals surface area contributed by atoms with Gasteiger partial charge >= 0.3 is 5.91 Å². The predicted octanol–water partition coefficient (Wildman–Crippen LogP) is 3.20. The van der Waals surface area contributed by atoms with Crippen molar-refractivity contribution < 1.29 is 13.9 Å². The highest BCUT2D eigenvalue weighted by atomic mass is 16.5. The molecule has 29 heavy (non-hydrogen) atoms. The number of fused-ring (bicyclic) bond motifs is 2. The maximum absolute atomic E-state index is 13.0. The largest absolute Gasteiger partial charge is 0.432 e. The lowest BCUT2D eigenvalue weighted by molar-refractivity contribution is 0.0304. The Labute approximate surface area is 169 Å². The van der Waals surface area contributed by atoms with E-state index >= 15 is 0 Å². The zero-order chi connectivity index (χ0) is 19.8. The summed E-state index contributed by atoms with van der Waals surface area (Å²) in [6, 6.07) is 13.5. The van der Waals surface area contributed by atoms with E-state index in [-0.39, 0.29) is 23.9 Å². The van der Waals surface area contributed by atoms with Gasteiger partial charge in [-0.3, -0.25) is 4.79 Å². The van der Waals surface area contributed by atoms with Crippen LogP contribution in [0.5, 0.6) is 0 Å². The van der Waals surface area contributed by atoms with Gasteiger partial charge in [0.25, 0.3) is 5.89 Å². The number of ether oxygens (including phenoxy) is 1. The number of rotatable bonds is 4. The summed E-state index contributed by atoms with van der Waals surface area (Å²) in [4.78, 5) is 23.6. The third-order valence-electron chi connectivity index (χ3n) is 6.18. The molecule has 5 rings (SSSR count). The summed E-state index contributed by atoms with van der Waals surface area (Å²) < 4.78 is 11.5. The van der Waals surface area contributed by atoms with Crippen molar-refractivity contribution in [2.75, 3.05) is 25.5 Å². The van der Waals surface area contributed by atoms with Crippen LogP contribution in [0.1, 0.15) is 23.5 Å². The number of nitrogens with zero attached hydrogens (tertiary/aromatic N) is 3. The summed E-state index contributed by atoms with van der Waals surface area (Å²) in [5.74, 6) is 1.76. The average Bonchev–Trinajstić information content (AvgIpc) is 3.37. The summed E-state index contributed by atoms with van der Waals surface area (Å²) in [7, 11) is 1.76. The van der Waals surface area contributed by atoms with Crippen LogP contribution in [0.15, 0.2) is 53.1 Å². The second-order valence-electron chi connectivity index (χ2n) is 7.93. The Morgan fingerprint density at radius 2 is 1.93 bits per heavy atom. The molecule has 3 aromatic rings. The van der Waals surface area contributed by atoms with Gasteiger partial charge in [0, 0.05) is 26.4 Å². The van der Waals surface area contributed by atoms with Gasteiger partial charge in [-0.25, -0.2) is 9.97 Å². The number of aromatic nitrogens is 2. The van der Waals surface area contributed by atoms with E-state index in [1.165, 1.54) is 0 Å². The van der Waals surface area contributed by atoms with Gasteiger partial charge in [0.15, 0.2) is 5.58 Å². The number of amides is 1. The maximum Gasteiger partial charge on any atom is 0.309 e. The Hall–Kier alpha value is -2.93. The lowest BCUT2D eigenvalue weighted by Crippen LogP contribution is -2.44. The molecule has 1 aliphatic heterocycles. The van der Waals surface area contributed by atoms with Crippen molar-refractivity contribution in [1.82, 2.24) is 14.9 Å². The van der Waals surface area contributed by atoms with E-state index in [9.17, 15) is 4.79 Å². The zero-order valence-electron chi connectivity index (χ0n) is 16.3. The van der Waals surface area contributed by atoms with Gasteiger partial charge in [0.05, 0.1) is 12.1 Å². The van der Waals surface area contributed by atoms with Crippen molar-refractivity contribution >= 4 is 22.8 Å². The van der Waals surface area contributed by atoms with E-state index in [0.29, 0.717) is 22.9 Å². The molecule has 2 fully saturated rings. The van der Waals surface area contributed by atoms with Crippen LogP contribution in [0.25, 0.3) is 11.1 Å². The molecule has 3 heterocycles. The molecule has 1 amide bonds. The number of methoxy groups -OCH3 is 1. The number of pyridine rings is 1. The normalized spacial score (nSPS) is 26.4. The fraction of sp³-hybridized carbons (Fsp3) is 0.409. The molecule has 7 heteroatoms. The van der Waals surface area contributed by atoms with Crippen LogP contribution in [0.4, 0.5) is 5.82 Å². The summed E-state index contributed by atoms with van der Waals surface area (Å²) in [5.41, 5.74) is 1.36. The average molecular weight is 392 g/mol. The second-order valence-corrected chi connectivity index (χ2v) is 7.93. The molecule has 0 bridgehead atoms. The van der Waals surface area contributed by atoms with Crippen molar-refractivity contribution in [2.24, 2.45) is 11.8 Å². The van der Waals surface area contributed by atoms with Crippen LogP contribution in [0, 0.1) is 11.8 Å². The molecule has 1 aromatic carbocycles. The van der Waals surface area contributed by atoms with Gasteiger partial charge in [-0.05, 0) is 48.9 Å². The highest BCUT2D eigenvalue weighted by molar-refractivity contribution is 5.92. The van der Waals surface area contributed by atoms with Gasteiger partial charge in [-0.2, -0.15) is 0 Å². The van der Waals surface area contributed by atoms with Crippen molar-refractivity contribution in [2.45, 2.75) is 25.0 Å². The van der Waals surface area contributed by atoms with Crippen LogP contribution in [-0.2, 0) is 4.74 Å². The number of anilines is 1. The Morgan fingerprint density at radius 1 is 1.14 bits per heavy atom. The zero-order valence-corrected chi connectivity index (χ0v) is 16.3. The summed E-state index contributed by atoms with van der Waals surface area (Å²) in [5, 5.41) is 3.52. The molecule has 2 aliphatic rings. The molecule has 1 saturated carbocycles. The lowest BCUT2D eigenvalue weighted by atomic mass is 9.77. The summed E-state index contributed by atoms with van der Waals surface area (Å²) in [6.45, 7) is 1.44. The number of hydrogen-bond donors (Lipinski definition) is 1. The van der Waals surface area contributed by atoms with Gasteiger partial charge in [-0.1, -0.05) is 18.2 Å². The van der Waals surface area contributed by atoms with Crippen LogP contribution in [0.2, 0.25) is 0 Å². The second kappa shape index (κ2) is 7.48. The monoisotopic (exact) mass is 392 g/mol. The van der Waals surface area contributed by atoms with E-state index in [0.717, 1.165) is 31.7 Å². The standard InChI is InChI=1S/C22H24N4O3/c1-28-19-11-15-13-26(22(27)21-25-16-6-2-3-7-18(16)29-21)12-14(15)10-17(19)24-20-8-4-5-9-23-20/h2-9,14-15,17,19H,10-13H2,1H3,(H,23,24)/t14-,15+,17-,19-/m1/s1. The van der Waals surface area contributed by atoms with Crippen molar-refractivity contribution in [1.29, 1.82) is 0 Å². The minimum Gasteiger partial charge on any atom is -0.432 e. The first kappa shape index (κ1) is 18.1. The van der Waals surface area contributed by atoms with Crippen LogP contribution in [0.3, 0.4) is 0 Å². The van der Waals surface area contributed by atoms with E-state index in [1.807, 2.05) is 47.4 Å². The Kier molecular flexibility index (Phi) is 4.67. The molecule has 0 spiro atoms. The molecule has 1 N–H and O–H groups in total. The number of para-hydroxylation sites is 2. The molecular formula is C22H24N4O3. The molecule has 1 aliphatic carbocycles. The number of carbonyl (C=O) groups excluding carboxylic acids is 1. The van der Waals surface area contributed by atoms with Crippen molar-refractivity contribution in [3.05, 3.63) is 54.6 Å². The molecule has 0 unspecified atom stereocenters. The van der Waals surface area contributed by atoms with Gasteiger partial charge in [0.1, 0.15) is 11.3 Å². The first-order valence-electron chi connectivity index (χ1n) is 10.1. The van der Waals surface area contributed by atoms with E-state index < -0.39 is 0 Å². The number of benzene rings is 1. The van der Waals surface area contributed by atoms with E-state index in [4.69, 9.17) is 9.15 Å². The minimum absolute atomic E-state index is 0.0950. The highest BCUT2D eigenvalue weighted by Gasteiger charge is 2.44. The summed E-state index contributed by atoms with van der Waals surface area (Å²) >= 11 is 0. The number of likely N-dealkylation sites (tertiary alicyclic amines) is 1. The smallest absolute Gasteiger partial charge is 0.309 e. The molecule has 7 nitrogen and oxygen atoms in total. The molecule has 1 saturated heterocycles. The highest BCUT2D eigenvalue weighted by Crippen LogP contribution is 2.39. The number of carbonyl (C=O) groups is 1. The molecule has 0 radical (unpaired) electrons. The minimum atomic E-state index is -0.126. The third kappa shape index (κ3) is 3.46. The van der Waals surface area contributed by atoms with Gasteiger partial charge in [-0.15, -0.1) is 0 Å². The molecule has 4 atom stereocenters. The lowest BCUT2D eigenvalue weighted by Gasteiger charge is -2.37. The first-order valence-corrected chi connectivity index (χ1v) is 10.1. The third-order valence-corrected chi connectivity index (χ3v) is 6.18. The summed E-state index contributed by atoms with van der Waals surface area (Å²) in [6.07, 6.45) is 3.74. The SMILES string of the molecule is CO[C@@H]1C[C@H]2CN(C(=O)c3nc4ccccc4o3)C[C@H]2C[C@H]1Nc1ccccn1. The van der Waals surface area contributed by atoms with Crippen LogP contribution >= 0.6 is 0 Å². The van der Waals surface area contributed by atoms with Crippen molar-refractivity contribution in [3.8, 4) is 0 Å². The molecule has 2 aromatic heterocycles. The van der Waals surface area contributed by atoms with E-state index in [2.05, 4.69) is 15.3 Å². The predicted molar refractivity (Wildman–Crippen MR) is 109 cm³/mol. The fourth-order valence-corrected chi connectivity index (χ4v) is 4.73. The van der Waals surface area contributed by atoms with Crippen LogP contribution in [-0.4, -0.2) is 53.1 Å². The topological polar surface area (TPSA) is 80.5 Å².